The smallest absolute Gasteiger partial charge is 0.330 e. The maximum absolute atomic E-state index is 13.5. The van der Waals surface area contributed by atoms with Crippen LogP contribution in [0.3, 0.4) is 0 Å². The largest absolute Gasteiger partial charge is 0.496 e. The van der Waals surface area contributed by atoms with Gasteiger partial charge in [-0.3, -0.25) is 19.1 Å². The molecule has 2 aromatic heterocycles. The lowest BCUT2D eigenvalue weighted by Gasteiger charge is -2.24. The normalized spacial score (nSPS) is 10.9. The fraction of sp³-hybridized carbons (Fsp3) is 0.318. The van der Waals surface area contributed by atoms with Crippen LogP contribution in [0.1, 0.15) is 37.0 Å². The molecule has 10 heteroatoms. The molecule has 0 saturated carbocycles. The lowest BCUT2D eigenvalue weighted by Crippen LogP contribution is -2.41. The topological polar surface area (TPSA) is 115 Å². The van der Waals surface area contributed by atoms with Crippen molar-refractivity contribution in [3.63, 3.8) is 0 Å². The van der Waals surface area contributed by atoms with Crippen LogP contribution >= 0.6 is 11.6 Å². The zero-order valence-corrected chi connectivity index (χ0v) is 19.0. The third-order valence-electron chi connectivity index (χ3n) is 5.16. The number of unbranched alkanes of at least 4 members (excludes halogenated alkanes) is 1. The summed E-state index contributed by atoms with van der Waals surface area (Å²) in [5.41, 5.74) is 5.58. The fourth-order valence-electron chi connectivity index (χ4n) is 3.50. The summed E-state index contributed by atoms with van der Waals surface area (Å²) in [6.07, 6.45) is 5.17. The molecule has 0 spiro atoms. The van der Waals surface area contributed by atoms with Crippen LogP contribution in [0, 0.1) is 0 Å². The van der Waals surface area contributed by atoms with Gasteiger partial charge in [-0.25, -0.2) is 4.79 Å². The van der Waals surface area contributed by atoms with Gasteiger partial charge in [0.15, 0.2) is 5.69 Å². The van der Waals surface area contributed by atoms with E-state index < -0.39 is 17.2 Å². The Morgan fingerprint density at radius 2 is 1.91 bits per heavy atom. The van der Waals surface area contributed by atoms with E-state index in [2.05, 4.69) is 4.98 Å². The number of ether oxygens (including phenoxy) is 1. The molecule has 0 saturated heterocycles. The quantitative estimate of drug-likeness (QED) is 0.537. The van der Waals surface area contributed by atoms with E-state index in [-0.39, 0.29) is 29.4 Å². The number of nitrogens with zero attached hydrogens (tertiary/aromatic N) is 3. The molecule has 0 aliphatic rings. The van der Waals surface area contributed by atoms with E-state index in [4.69, 9.17) is 22.1 Å². The second kappa shape index (κ2) is 9.78. The SMILES string of the molecule is CCCCn1c(N)c(N(CC)C(=O)c2cc(Cl)c(-n3cccc3)cc2OC)c(=O)[nH]c1=O. The average Bonchev–Trinajstić information content (AvgIpc) is 3.30. The van der Waals surface area contributed by atoms with Crippen LogP contribution < -0.4 is 26.6 Å². The first-order chi connectivity index (χ1) is 15.3. The molecule has 0 aliphatic carbocycles. The minimum absolute atomic E-state index is 0.0589. The highest BCUT2D eigenvalue weighted by Gasteiger charge is 2.27. The number of aromatic nitrogens is 3. The Morgan fingerprint density at radius 3 is 2.50 bits per heavy atom. The van der Waals surface area contributed by atoms with Gasteiger partial charge in [-0.15, -0.1) is 0 Å². The highest BCUT2D eigenvalue weighted by Crippen LogP contribution is 2.32. The Kier molecular flexibility index (Phi) is 7.09. The number of halogens is 1. The number of amides is 1. The fourth-order valence-corrected chi connectivity index (χ4v) is 3.76. The van der Waals surface area contributed by atoms with E-state index in [1.54, 1.807) is 17.6 Å². The van der Waals surface area contributed by atoms with Gasteiger partial charge in [0.1, 0.15) is 11.6 Å². The Morgan fingerprint density at radius 1 is 1.22 bits per heavy atom. The summed E-state index contributed by atoms with van der Waals surface area (Å²) >= 11 is 6.47. The molecule has 1 amide bonds. The number of hydrogen-bond acceptors (Lipinski definition) is 5. The number of methoxy groups -OCH3 is 1. The minimum Gasteiger partial charge on any atom is -0.496 e. The lowest BCUT2D eigenvalue weighted by molar-refractivity contribution is 0.0985. The van der Waals surface area contributed by atoms with E-state index in [0.29, 0.717) is 23.7 Å². The molecule has 9 nitrogen and oxygen atoms in total. The molecule has 3 rings (SSSR count). The number of carbonyl (C=O) groups excluding carboxylic acids is 1. The summed E-state index contributed by atoms with van der Waals surface area (Å²) in [6, 6.07) is 6.85. The zero-order valence-electron chi connectivity index (χ0n) is 18.2. The van der Waals surface area contributed by atoms with Crippen molar-refractivity contribution in [1.82, 2.24) is 14.1 Å². The third kappa shape index (κ3) is 4.29. The van der Waals surface area contributed by atoms with Crippen molar-refractivity contribution in [2.45, 2.75) is 33.2 Å². The number of anilines is 2. The Labute approximate surface area is 190 Å². The highest BCUT2D eigenvalue weighted by molar-refractivity contribution is 6.33. The molecule has 0 bridgehead atoms. The summed E-state index contributed by atoms with van der Waals surface area (Å²) in [5, 5.41) is 0.330. The first kappa shape index (κ1) is 23.2. The number of nitrogen functional groups attached to an aromatic ring is 1. The highest BCUT2D eigenvalue weighted by atomic mass is 35.5. The van der Waals surface area contributed by atoms with Gasteiger partial charge in [-0.2, -0.15) is 0 Å². The molecular weight excluding hydrogens is 434 g/mol. The summed E-state index contributed by atoms with van der Waals surface area (Å²) < 4.78 is 8.52. The second-order valence-electron chi connectivity index (χ2n) is 7.14. The first-order valence-electron chi connectivity index (χ1n) is 10.3. The summed E-state index contributed by atoms with van der Waals surface area (Å²) in [6.45, 7) is 4.15. The molecule has 3 N–H and O–H groups in total. The number of nitrogens with one attached hydrogen (secondary N) is 1. The van der Waals surface area contributed by atoms with Crippen molar-refractivity contribution in [2.75, 3.05) is 24.3 Å². The first-order valence-corrected chi connectivity index (χ1v) is 10.7. The molecule has 0 atom stereocenters. The number of H-pyrrole nitrogens is 1. The standard InChI is InChI=1S/C22H26ClN5O4/c1-4-6-11-28-19(24)18(20(29)25-22(28)31)27(5-2)21(30)14-12-15(23)16(13-17(14)32-3)26-9-7-8-10-26/h7-10,12-13H,4-6,11,24H2,1-3H3,(H,25,29,31). The maximum atomic E-state index is 13.5. The van der Waals surface area contributed by atoms with Crippen LogP contribution in [0.15, 0.2) is 46.2 Å². The van der Waals surface area contributed by atoms with Gasteiger partial charge in [0.05, 0.1) is 23.4 Å². The van der Waals surface area contributed by atoms with Gasteiger partial charge in [0.25, 0.3) is 11.5 Å². The number of benzene rings is 1. The van der Waals surface area contributed by atoms with Crippen molar-refractivity contribution in [3.05, 3.63) is 68.1 Å². The van der Waals surface area contributed by atoms with E-state index in [1.807, 2.05) is 31.5 Å². The number of nitrogens with two attached hydrogens (primary N) is 1. The molecule has 0 aliphatic heterocycles. The molecule has 2 heterocycles. The number of aromatic amines is 1. The van der Waals surface area contributed by atoms with Crippen LogP contribution in [-0.2, 0) is 6.54 Å². The number of carbonyl (C=O) groups is 1. The molecule has 170 valence electrons. The monoisotopic (exact) mass is 459 g/mol. The van der Waals surface area contributed by atoms with Crippen LogP contribution in [0.2, 0.25) is 5.02 Å². The summed E-state index contributed by atoms with van der Waals surface area (Å²) in [4.78, 5) is 41.9. The van der Waals surface area contributed by atoms with Crippen molar-refractivity contribution in [3.8, 4) is 11.4 Å². The predicted octanol–water partition coefficient (Wildman–Crippen LogP) is 3.04. The van der Waals surface area contributed by atoms with Gasteiger partial charge in [0.2, 0.25) is 0 Å². The Balaban J connectivity index is 2.12. The van der Waals surface area contributed by atoms with Crippen molar-refractivity contribution >= 4 is 29.0 Å². The zero-order chi connectivity index (χ0) is 23.4. The number of rotatable bonds is 8. The van der Waals surface area contributed by atoms with Crippen LogP contribution in [-0.4, -0.2) is 33.7 Å². The van der Waals surface area contributed by atoms with Crippen LogP contribution in [0.5, 0.6) is 5.75 Å². The van der Waals surface area contributed by atoms with E-state index >= 15 is 0 Å². The van der Waals surface area contributed by atoms with E-state index in [1.165, 1.54) is 22.6 Å². The van der Waals surface area contributed by atoms with Crippen molar-refractivity contribution < 1.29 is 9.53 Å². The van der Waals surface area contributed by atoms with Gasteiger partial charge < -0.3 is 19.9 Å². The average molecular weight is 460 g/mol. The summed E-state index contributed by atoms with van der Waals surface area (Å²) in [7, 11) is 1.45. The third-order valence-corrected chi connectivity index (χ3v) is 5.47. The van der Waals surface area contributed by atoms with Gasteiger partial charge in [0, 0.05) is 31.5 Å². The number of hydrogen-bond donors (Lipinski definition) is 2. The van der Waals surface area contributed by atoms with Crippen LogP contribution in [0.25, 0.3) is 5.69 Å². The van der Waals surface area contributed by atoms with Gasteiger partial charge in [-0.05, 0) is 31.5 Å². The van der Waals surface area contributed by atoms with E-state index in [0.717, 1.165) is 6.42 Å². The van der Waals surface area contributed by atoms with Gasteiger partial charge in [-0.1, -0.05) is 24.9 Å². The molecule has 0 unspecified atom stereocenters. The Hall–Kier alpha value is -3.46. The molecule has 32 heavy (non-hydrogen) atoms. The van der Waals surface area contributed by atoms with Crippen molar-refractivity contribution in [2.24, 2.45) is 0 Å². The lowest BCUT2D eigenvalue weighted by atomic mass is 10.1. The summed E-state index contributed by atoms with van der Waals surface area (Å²) in [5.74, 6) is -0.296. The molecule has 0 fully saturated rings. The Bertz CT molecular complexity index is 1230. The van der Waals surface area contributed by atoms with Crippen LogP contribution in [0.4, 0.5) is 11.5 Å². The molecule has 0 radical (unpaired) electrons. The molecule has 3 aromatic rings. The second-order valence-corrected chi connectivity index (χ2v) is 7.55. The molecular formula is C22H26ClN5O4. The van der Waals surface area contributed by atoms with Gasteiger partial charge >= 0.3 is 5.69 Å². The van der Waals surface area contributed by atoms with E-state index in [9.17, 15) is 14.4 Å². The van der Waals surface area contributed by atoms with Crippen molar-refractivity contribution in [1.29, 1.82) is 0 Å². The minimum atomic E-state index is -0.732. The maximum Gasteiger partial charge on any atom is 0.330 e. The predicted molar refractivity (Wildman–Crippen MR) is 125 cm³/mol. The molecule has 1 aromatic carbocycles.